The lowest BCUT2D eigenvalue weighted by molar-refractivity contribution is 0.213. The van der Waals surface area contributed by atoms with Gasteiger partial charge in [-0.15, -0.1) is 0 Å². The summed E-state index contributed by atoms with van der Waals surface area (Å²) in [6.45, 7) is 4.16. The van der Waals surface area contributed by atoms with E-state index in [1.54, 1.807) is 0 Å². The third-order valence-corrected chi connectivity index (χ3v) is 3.78. The van der Waals surface area contributed by atoms with Crippen molar-refractivity contribution >= 4 is 0 Å². The summed E-state index contributed by atoms with van der Waals surface area (Å²) in [4.78, 5) is 0. The van der Waals surface area contributed by atoms with Gasteiger partial charge in [0.05, 0.1) is 0 Å². The first kappa shape index (κ1) is 12.4. The largest absolute Gasteiger partial charge is 0.384 e. The molecule has 0 aromatic heterocycles. The molecule has 0 saturated heterocycles. The van der Waals surface area contributed by atoms with Gasteiger partial charge in [-0.05, 0) is 50.7 Å². The van der Waals surface area contributed by atoms with E-state index in [1.807, 2.05) is 12.1 Å². The summed E-state index contributed by atoms with van der Waals surface area (Å²) in [7, 11) is 0. The molecule has 92 valence electrons. The maximum Gasteiger partial charge on any atom is 0.100 e. The van der Waals surface area contributed by atoms with Gasteiger partial charge in [0.1, 0.15) is 6.10 Å². The summed E-state index contributed by atoms with van der Waals surface area (Å²) in [5.41, 5.74) is 4.89. The van der Waals surface area contributed by atoms with Crippen molar-refractivity contribution in [2.24, 2.45) is 0 Å². The van der Waals surface area contributed by atoms with Crippen molar-refractivity contribution in [3.8, 4) is 0 Å². The molecular weight excluding hydrogens is 208 g/mol. The molecule has 1 heteroatoms. The van der Waals surface area contributed by atoms with E-state index in [4.69, 9.17) is 0 Å². The highest BCUT2D eigenvalue weighted by Crippen LogP contribution is 2.32. The molecule has 1 aliphatic rings. The van der Waals surface area contributed by atoms with E-state index in [-0.39, 0.29) is 0 Å². The molecule has 0 aliphatic heterocycles. The molecule has 1 fully saturated rings. The predicted octanol–water partition coefficient (Wildman–Crippen LogP) is 4.31. The fourth-order valence-corrected chi connectivity index (χ4v) is 2.66. The van der Waals surface area contributed by atoms with Gasteiger partial charge in [-0.3, -0.25) is 0 Å². The predicted molar refractivity (Wildman–Crippen MR) is 71.9 cm³/mol. The molecule has 0 spiro atoms. The maximum atomic E-state index is 10.4. The number of allylic oxidation sites excluding steroid dienone is 1. The smallest absolute Gasteiger partial charge is 0.100 e. The van der Waals surface area contributed by atoms with Gasteiger partial charge >= 0.3 is 0 Å². The van der Waals surface area contributed by atoms with Crippen LogP contribution in [0.1, 0.15) is 56.3 Å². The Morgan fingerprint density at radius 1 is 1.18 bits per heavy atom. The molecule has 1 unspecified atom stereocenters. The van der Waals surface area contributed by atoms with E-state index in [0.29, 0.717) is 0 Å². The summed E-state index contributed by atoms with van der Waals surface area (Å²) in [5.74, 6) is 0. The van der Waals surface area contributed by atoms with Gasteiger partial charge in [0.15, 0.2) is 0 Å². The molecule has 17 heavy (non-hydrogen) atoms. The van der Waals surface area contributed by atoms with Gasteiger partial charge in [0, 0.05) is 0 Å². The van der Waals surface area contributed by atoms with E-state index in [2.05, 4.69) is 26.0 Å². The monoisotopic (exact) mass is 230 g/mol. The Morgan fingerprint density at radius 2 is 1.88 bits per heavy atom. The van der Waals surface area contributed by atoms with Crippen molar-refractivity contribution < 1.29 is 5.11 Å². The molecule has 1 atom stereocenters. The van der Waals surface area contributed by atoms with E-state index in [9.17, 15) is 5.11 Å². The molecule has 0 radical (unpaired) electrons. The van der Waals surface area contributed by atoms with E-state index in [0.717, 1.165) is 5.56 Å². The maximum absolute atomic E-state index is 10.4. The average Bonchev–Trinajstić information content (AvgIpc) is 2.38. The van der Waals surface area contributed by atoms with E-state index in [1.165, 1.54) is 48.8 Å². The summed E-state index contributed by atoms with van der Waals surface area (Å²) < 4.78 is 0. The molecule has 1 saturated carbocycles. The second kappa shape index (κ2) is 5.50. The summed E-state index contributed by atoms with van der Waals surface area (Å²) in [6, 6.07) is 8.19. The molecule has 1 aromatic rings. The van der Waals surface area contributed by atoms with Gasteiger partial charge in [0.25, 0.3) is 0 Å². The Hall–Kier alpha value is -1.08. The van der Waals surface area contributed by atoms with E-state index >= 15 is 0 Å². The van der Waals surface area contributed by atoms with E-state index < -0.39 is 6.10 Å². The highest BCUT2D eigenvalue weighted by molar-refractivity contribution is 5.31. The fourth-order valence-electron chi connectivity index (χ4n) is 2.66. The van der Waals surface area contributed by atoms with Crippen molar-refractivity contribution in [2.45, 2.75) is 52.1 Å². The van der Waals surface area contributed by atoms with Crippen LogP contribution < -0.4 is 0 Å². The van der Waals surface area contributed by atoms with Gasteiger partial charge in [-0.1, -0.05) is 41.8 Å². The van der Waals surface area contributed by atoms with Crippen molar-refractivity contribution in [1.82, 2.24) is 0 Å². The second-order valence-corrected chi connectivity index (χ2v) is 5.16. The molecule has 1 nitrogen and oxygen atoms in total. The van der Waals surface area contributed by atoms with Crippen LogP contribution >= 0.6 is 0 Å². The minimum Gasteiger partial charge on any atom is -0.384 e. The molecule has 0 heterocycles. The topological polar surface area (TPSA) is 20.2 Å². The van der Waals surface area contributed by atoms with Crippen molar-refractivity contribution in [3.05, 3.63) is 46.5 Å². The van der Waals surface area contributed by atoms with Crippen molar-refractivity contribution in [1.29, 1.82) is 0 Å². The minimum atomic E-state index is -0.414. The third kappa shape index (κ3) is 2.98. The van der Waals surface area contributed by atoms with Gasteiger partial charge < -0.3 is 5.11 Å². The number of aliphatic hydroxyl groups excluding tert-OH is 1. The highest BCUT2D eigenvalue weighted by Gasteiger charge is 2.15. The SMILES string of the molecule is CC(=C1CCCCC1)C(O)c1cccc(C)c1. The van der Waals surface area contributed by atoms with Crippen molar-refractivity contribution in [3.63, 3.8) is 0 Å². The van der Waals surface area contributed by atoms with Gasteiger partial charge in [-0.2, -0.15) is 0 Å². The summed E-state index contributed by atoms with van der Waals surface area (Å²) in [6.07, 6.45) is 5.85. The average molecular weight is 230 g/mol. The molecule has 1 aliphatic carbocycles. The number of rotatable bonds is 2. The molecule has 1 aromatic carbocycles. The number of benzene rings is 1. The quantitative estimate of drug-likeness (QED) is 0.751. The molecule has 2 rings (SSSR count). The number of hydrogen-bond acceptors (Lipinski definition) is 1. The Bertz CT molecular complexity index is 409. The zero-order valence-corrected chi connectivity index (χ0v) is 10.9. The lowest BCUT2D eigenvalue weighted by atomic mass is 9.88. The van der Waals surface area contributed by atoms with Crippen LogP contribution in [0.2, 0.25) is 0 Å². The second-order valence-electron chi connectivity index (χ2n) is 5.16. The summed E-state index contributed by atoms with van der Waals surface area (Å²) in [5, 5.41) is 10.4. The van der Waals surface area contributed by atoms with Crippen LogP contribution in [0, 0.1) is 6.92 Å². The first-order valence-electron chi connectivity index (χ1n) is 6.61. The number of aliphatic hydroxyl groups is 1. The Balaban J connectivity index is 2.21. The highest BCUT2D eigenvalue weighted by atomic mass is 16.3. The number of aryl methyl sites for hydroxylation is 1. The zero-order chi connectivity index (χ0) is 12.3. The van der Waals surface area contributed by atoms with Crippen LogP contribution in [-0.4, -0.2) is 5.11 Å². The van der Waals surface area contributed by atoms with Gasteiger partial charge in [0.2, 0.25) is 0 Å². The Labute approximate surface area is 104 Å². The van der Waals surface area contributed by atoms with Crippen LogP contribution in [0.5, 0.6) is 0 Å². The van der Waals surface area contributed by atoms with Crippen LogP contribution in [0.4, 0.5) is 0 Å². The Morgan fingerprint density at radius 3 is 2.53 bits per heavy atom. The third-order valence-electron chi connectivity index (χ3n) is 3.78. The standard InChI is InChI=1S/C16H22O/c1-12-7-6-10-15(11-12)16(17)13(2)14-8-4-3-5-9-14/h6-7,10-11,16-17H,3-5,8-9H2,1-2H3. The summed E-state index contributed by atoms with van der Waals surface area (Å²) >= 11 is 0. The zero-order valence-electron chi connectivity index (χ0n) is 10.9. The normalized spacial score (nSPS) is 17.9. The van der Waals surface area contributed by atoms with Crippen LogP contribution in [0.25, 0.3) is 0 Å². The molecular formula is C16H22O. The minimum absolute atomic E-state index is 0.414. The molecule has 0 bridgehead atoms. The lowest BCUT2D eigenvalue weighted by Crippen LogP contribution is -2.05. The fraction of sp³-hybridized carbons (Fsp3) is 0.500. The first-order chi connectivity index (χ1) is 8.18. The van der Waals surface area contributed by atoms with Gasteiger partial charge in [-0.25, -0.2) is 0 Å². The molecule has 1 N–H and O–H groups in total. The van der Waals surface area contributed by atoms with Crippen LogP contribution in [0.15, 0.2) is 35.4 Å². The lowest BCUT2D eigenvalue weighted by Gasteiger charge is -2.21. The van der Waals surface area contributed by atoms with Crippen LogP contribution in [0.3, 0.4) is 0 Å². The van der Waals surface area contributed by atoms with Crippen molar-refractivity contribution in [2.75, 3.05) is 0 Å². The first-order valence-corrected chi connectivity index (χ1v) is 6.61. The van der Waals surface area contributed by atoms with Crippen LogP contribution in [-0.2, 0) is 0 Å². The number of hydrogen-bond donors (Lipinski definition) is 1. The molecule has 0 amide bonds. The Kier molecular flexibility index (Phi) is 4.01.